The quantitative estimate of drug-likeness (QED) is 0.0345. The second-order valence-electron chi connectivity index (χ2n) is 20.2. The van der Waals surface area contributed by atoms with Gasteiger partial charge in [-0.3, -0.25) is 9.59 Å². The molecule has 0 aliphatic rings. The van der Waals surface area contributed by atoms with Gasteiger partial charge in [-0.1, -0.05) is 294 Å². The average Bonchev–Trinajstić information content (AvgIpc) is 3.34. The van der Waals surface area contributed by atoms with Crippen LogP contribution < -0.4 is 0 Å². The van der Waals surface area contributed by atoms with Crippen LogP contribution in [0.1, 0.15) is 316 Å². The first-order chi connectivity index (χ1) is 33.6. The summed E-state index contributed by atoms with van der Waals surface area (Å²) in [7, 11) is 0. The number of ether oxygens (including phenoxy) is 3. The number of carbonyl (C=O) groups excluding carboxylic acids is 2. The van der Waals surface area contributed by atoms with Gasteiger partial charge in [0.2, 0.25) is 0 Å². The maximum atomic E-state index is 12.8. The van der Waals surface area contributed by atoms with Crippen molar-refractivity contribution >= 4 is 11.9 Å². The van der Waals surface area contributed by atoms with E-state index in [1.54, 1.807) is 0 Å². The highest BCUT2D eigenvalue weighted by molar-refractivity contribution is 5.70. The fraction of sp³-hybridized carbons (Fsp3) is 0.841. The van der Waals surface area contributed by atoms with Gasteiger partial charge in [-0.15, -0.1) is 0 Å². The molecule has 0 rings (SSSR count). The predicted octanol–water partition coefficient (Wildman–Crippen LogP) is 20.7. The SMILES string of the molecule is CC/C=C\C/C=C\C/C=C\C/C=C\CCCCC(=O)OC(COCCCCCCCCCCCCCCCCCCCC)COC(=O)CCCCCCCCCCCCCCCCCCCCC. The van der Waals surface area contributed by atoms with E-state index in [2.05, 4.69) is 69.4 Å². The van der Waals surface area contributed by atoms with E-state index in [1.165, 1.54) is 212 Å². The average molecular weight is 954 g/mol. The molecule has 398 valence electrons. The molecule has 0 aliphatic carbocycles. The Morgan fingerprint density at radius 2 is 0.662 bits per heavy atom. The van der Waals surface area contributed by atoms with E-state index in [1.807, 2.05) is 0 Å². The molecule has 5 nitrogen and oxygen atoms in total. The molecule has 0 heterocycles. The maximum absolute atomic E-state index is 12.8. The van der Waals surface area contributed by atoms with Crippen LogP contribution in [-0.2, 0) is 23.8 Å². The molecule has 0 bridgehead atoms. The minimum Gasteiger partial charge on any atom is -0.462 e. The molecule has 0 aromatic rings. The summed E-state index contributed by atoms with van der Waals surface area (Å²) >= 11 is 0. The maximum Gasteiger partial charge on any atom is 0.306 e. The standard InChI is InChI=1S/C63H116O5/c1-4-7-10-13-16-19-22-25-28-30-32-33-36-38-41-44-47-50-53-56-62(64)67-60-61(68-63(65)57-54-51-48-45-42-39-35-27-24-21-18-15-12-9-6-3)59-66-58-55-52-49-46-43-40-37-34-31-29-26-23-20-17-14-11-8-5-2/h9,12,18,21,27,35,42,45,61H,4-8,10-11,13-17,19-20,22-26,28-34,36-41,43-44,46-60H2,1-3H3/b12-9-,21-18-,35-27-,45-42-. The third-order valence-electron chi connectivity index (χ3n) is 13.4. The Kier molecular flexibility index (Phi) is 57.3. The minimum absolute atomic E-state index is 0.0742. The molecule has 0 N–H and O–H groups in total. The second kappa shape index (κ2) is 59.2. The Bertz CT molecular complexity index is 1120. The molecule has 0 aliphatic heterocycles. The first-order valence-electron chi connectivity index (χ1n) is 30.2. The molecule has 0 spiro atoms. The Balaban J connectivity index is 4.25. The van der Waals surface area contributed by atoms with Crippen molar-refractivity contribution in [3.8, 4) is 0 Å². The van der Waals surface area contributed by atoms with Crippen molar-refractivity contribution in [3.63, 3.8) is 0 Å². The molecule has 0 saturated carbocycles. The van der Waals surface area contributed by atoms with Crippen molar-refractivity contribution in [2.75, 3.05) is 19.8 Å². The highest BCUT2D eigenvalue weighted by Gasteiger charge is 2.17. The number of esters is 2. The lowest BCUT2D eigenvalue weighted by atomic mass is 10.0. The lowest BCUT2D eigenvalue weighted by Gasteiger charge is -2.18. The van der Waals surface area contributed by atoms with Gasteiger partial charge < -0.3 is 14.2 Å². The lowest BCUT2D eigenvalue weighted by molar-refractivity contribution is -0.163. The second-order valence-corrected chi connectivity index (χ2v) is 20.2. The molecule has 1 atom stereocenters. The molecule has 68 heavy (non-hydrogen) atoms. The molecular formula is C63H116O5. The number of hydrogen-bond donors (Lipinski definition) is 0. The highest BCUT2D eigenvalue weighted by atomic mass is 16.6. The Morgan fingerprint density at radius 3 is 1.06 bits per heavy atom. The monoisotopic (exact) mass is 953 g/mol. The fourth-order valence-electron chi connectivity index (χ4n) is 8.92. The van der Waals surface area contributed by atoms with Crippen LogP contribution in [0.25, 0.3) is 0 Å². The van der Waals surface area contributed by atoms with Crippen LogP contribution in [0.4, 0.5) is 0 Å². The third-order valence-corrected chi connectivity index (χ3v) is 13.4. The first-order valence-corrected chi connectivity index (χ1v) is 30.2. The van der Waals surface area contributed by atoms with Crippen LogP contribution >= 0.6 is 0 Å². The zero-order valence-electron chi connectivity index (χ0n) is 45.9. The van der Waals surface area contributed by atoms with Crippen molar-refractivity contribution in [2.45, 2.75) is 322 Å². The van der Waals surface area contributed by atoms with Crippen LogP contribution in [0.5, 0.6) is 0 Å². The van der Waals surface area contributed by atoms with Crippen molar-refractivity contribution in [2.24, 2.45) is 0 Å². The Morgan fingerprint density at radius 1 is 0.338 bits per heavy atom. The Hall–Kier alpha value is -2.14. The number of hydrogen-bond acceptors (Lipinski definition) is 5. The van der Waals surface area contributed by atoms with Gasteiger partial charge in [0.15, 0.2) is 6.10 Å². The zero-order chi connectivity index (χ0) is 49.2. The van der Waals surface area contributed by atoms with Crippen LogP contribution in [-0.4, -0.2) is 37.9 Å². The van der Waals surface area contributed by atoms with Gasteiger partial charge >= 0.3 is 11.9 Å². The molecule has 1 unspecified atom stereocenters. The molecule has 0 fully saturated rings. The normalized spacial score (nSPS) is 12.5. The van der Waals surface area contributed by atoms with E-state index < -0.39 is 6.10 Å². The molecular weight excluding hydrogens is 837 g/mol. The van der Waals surface area contributed by atoms with E-state index in [0.29, 0.717) is 19.4 Å². The number of carbonyl (C=O) groups is 2. The highest BCUT2D eigenvalue weighted by Crippen LogP contribution is 2.17. The molecule has 0 aromatic heterocycles. The van der Waals surface area contributed by atoms with Crippen molar-refractivity contribution in [1.29, 1.82) is 0 Å². The van der Waals surface area contributed by atoms with Gasteiger partial charge in [0.1, 0.15) is 6.61 Å². The van der Waals surface area contributed by atoms with Crippen molar-refractivity contribution in [3.05, 3.63) is 48.6 Å². The van der Waals surface area contributed by atoms with E-state index in [4.69, 9.17) is 14.2 Å². The van der Waals surface area contributed by atoms with Crippen LogP contribution in [0.15, 0.2) is 48.6 Å². The van der Waals surface area contributed by atoms with E-state index in [0.717, 1.165) is 70.6 Å². The van der Waals surface area contributed by atoms with Crippen LogP contribution in [0.3, 0.4) is 0 Å². The minimum atomic E-state index is -0.554. The molecule has 5 heteroatoms. The molecule has 0 aromatic carbocycles. The summed E-state index contributed by atoms with van der Waals surface area (Å²) in [4.78, 5) is 25.5. The summed E-state index contributed by atoms with van der Waals surface area (Å²) in [5, 5.41) is 0. The van der Waals surface area contributed by atoms with Gasteiger partial charge in [0.25, 0.3) is 0 Å². The number of rotatable bonds is 56. The van der Waals surface area contributed by atoms with Crippen LogP contribution in [0.2, 0.25) is 0 Å². The fourth-order valence-corrected chi connectivity index (χ4v) is 8.92. The summed E-state index contributed by atoms with van der Waals surface area (Å²) in [6, 6.07) is 0. The van der Waals surface area contributed by atoms with Gasteiger partial charge in [0.05, 0.1) is 6.61 Å². The summed E-state index contributed by atoms with van der Waals surface area (Å²) in [5.74, 6) is -0.425. The molecule has 0 amide bonds. The largest absolute Gasteiger partial charge is 0.462 e. The lowest BCUT2D eigenvalue weighted by Crippen LogP contribution is -2.30. The van der Waals surface area contributed by atoms with E-state index >= 15 is 0 Å². The summed E-state index contributed by atoms with van der Waals surface area (Å²) in [5.41, 5.74) is 0. The van der Waals surface area contributed by atoms with E-state index in [-0.39, 0.29) is 25.2 Å². The predicted molar refractivity (Wildman–Crippen MR) is 298 cm³/mol. The number of allylic oxidation sites excluding steroid dienone is 8. The van der Waals surface area contributed by atoms with E-state index in [9.17, 15) is 9.59 Å². The zero-order valence-corrected chi connectivity index (χ0v) is 45.9. The Labute approximate surface area is 424 Å². The topological polar surface area (TPSA) is 61.8 Å². The molecule has 0 saturated heterocycles. The summed E-state index contributed by atoms with van der Waals surface area (Å²) in [6.07, 6.45) is 74.3. The van der Waals surface area contributed by atoms with Gasteiger partial charge in [-0.05, 0) is 57.8 Å². The molecule has 0 radical (unpaired) electrons. The third kappa shape index (κ3) is 56.4. The smallest absolute Gasteiger partial charge is 0.306 e. The van der Waals surface area contributed by atoms with Gasteiger partial charge in [-0.2, -0.15) is 0 Å². The summed E-state index contributed by atoms with van der Waals surface area (Å²) < 4.78 is 17.5. The van der Waals surface area contributed by atoms with Crippen molar-refractivity contribution in [1.82, 2.24) is 0 Å². The summed E-state index contributed by atoms with van der Waals surface area (Å²) in [6.45, 7) is 7.74. The van der Waals surface area contributed by atoms with Crippen molar-refractivity contribution < 1.29 is 23.8 Å². The van der Waals surface area contributed by atoms with Gasteiger partial charge in [0, 0.05) is 19.4 Å². The first kappa shape index (κ1) is 65.9. The van der Waals surface area contributed by atoms with Crippen LogP contribution in [0, 0.1) is 0 Å². The van der Waals surface area contributed by atoms with Gasteiger partial charge in [-0.25, -0.2) is 0 Å². The number of unbranched alkanes of at least 4 members (excludes halogenated alkanes) is 37.